The molecule has 0 aliphatic carbocycles. The highest BCUT2D eigenvalue weighted by molar-refractivity contribution is 5.43. The number of hydrogen-bond donors (Lipinski definition) is 2. The zero-order chi connectivity index (χ0) is 15.3. The maximum absolute atomic E-state index is 10.9. The van der Waals surface area contributed by atoms with Crippen LogP contribution in [0.4, 0.5) is 5.69 Å². The molecule has 0 aromatic heterocycles. The molecule has 0 heterocycles. The van der Waals surface area contributed by atoms with Gasteiger partial charge in [-0.15, -0.1) is 0 Å². The largest absolute Gasteiger partial charge is 0.393 e. The van der Waals surface area contributed by atoms with Crippen molar-refractivity contribution in [1.29, 1.82) is 0 Å². The van der Waals surface area contributed by atoms with Crippen molar-refractivity contribution in [3.63, 3.8) is 0 Å². The van der Waals surface area contributed by atoms with Gasteiger partial charge in [0.05, 0.1) is 11.0 Å². The summed E-state index contributed by atoms with van der Waals surface area (Å²) in [5.41, 5.74) is 1.71. The molecule has 20 heavy (non-hydrogen) atoms. The summed E-state index contributed by atoms with van der Waals surface area (Å²) in [7, 11) is 0. The Morgan fingerprint density at radius 2 is 2.00 bits per heavy atom. The van der Waals surface area contributed by atoms with Crippen molar-refractivity contribution >= 4 is 5.69 Å². The van der Waals surface area contributed by atoms with Gasteiger partial charge in [-0.2, -0.15) is 0 Å². The number of hydrogen-bond acceptors (Lipinski definition) is 4. The fraction of sp³-hybridized carbons (Fsp3) is 0.600. The second-order valence-corrected chi connectivity index (χ2v) is 5.58. The third-order valence-corrected chi connectivity index (χ3v) is 3.59. The molecule has 0 fully saturated rings. The first kappa shape index (κ1) is 16.6. The van der Waals surface area contributed by atoms with Gasteiger partial charge in [-0.1, -0.05) is 26.0 Å². The Kier molecular flexibility index (Phi) is 6.10. The summed E-state index contributed by atoms with van der Waals surface area (Å²) in [5, 5.41) is 23.9. The fourth-order valence-electron chi connectivity index (χ4n) is 1.99. The lowest BCUT2D eigenvalue weighted by Crippen LogP contribution is -2.25. The van der Waals surface area contributed by atoms with E-state index in [0.717, 1.165) is 5.56 Å². The standard InChI is InChI=1S/C15H24N2O3/c1-10(2)15(18)7-8-16-12(4)13-6-5-11(3)14(9-13)17(19)20/h5-6,9-10,12,15-16,18H,7-8H2,1-4H3. The van der Waals surface area contributed by atoms with Gasteiger partial charge in [0.25, 0.3) is 5.69 Å². The van der Waals surface area contributed by atoms with Crippen LogP contribution in [0.5, 0.6) is 0 Å². The van der Waals surface area contributed by atoms with Gasteiger partial charge in [0.2, 0.25) is 0 Å². The van der Waals surface area contributed by atoms with E-state index >= 15 is 0 Å². The molecule has 5 nitrogen and oxygen atoms in total. The summed E-state index contributed by atoms with van der Waals surface area (Å²) in [6, 6.07) is 5.31. The van der Waals surface area contributed by atoms with Crippen molar-refractivity contribution in [3.05, 3.63) is 39.4 Å². The summed E-state index contributed by atoms with van der Waals surface area (Å²) in [4.78, 5) is 10.6. The molecule has 1 rings (SSSR count). The molecule has 0 spiro atoms. The molecule has 1 aromatic carbocycles. The Balaban J connectivity index is 2.62. The van der Waals surface area contributed by atoms with Crippen LogP contribution in [0.2, 0.25) is 0 Å². The molecule has 2 N–H and O–H groups in total. The maximum atomic E-state index is 10.9. The number of nitrogens with zero attached hydrogens (tertiary/aromatic N) is 1. The first-order valence-electron chi connectivity index (χ1n) is 6.99. The Labute approximate surface area is 120 Å². The van der Waals surface area contributed by atoms with Gasteiger partial charge in [0, 0.05) is 17.7 Å². The monoisotopic (exact) mass is 280 g/mol. The number of aliphatic hydroxyl groups is 1. The average Bonchev–Trinajstić information content (AvgIpc) is 2.38. The molecule has 5 heteroatoms. The van der Waals surface area contributed by atoms with Crippen LogP contribution >= 0.6 is 0 Å². The van der Waals surface area contributed by atoms with Crippen molar-refractivity contribution < 1.29 is 10.0 Å². The molecule has 2 atom stereocenters. The molecule has 0 aliphatic heterocycles. The molecular formula is C15H24N2O3. The smallest absolute Gasteiger partial charge is 0.272 e. The molecule has 1 aromatic rings. The summed E-state index contributed by atoms with van der Waals surface area (Å²) < 4.78 is 0. The van der Waals surface area contributed by atoms with Crippen LogP contribution in [0.3, 0.4) is 0 Å². The molecule has 2 unspecified atom stereocenters. The first-order valence-corrected chi connectivity index (χ1v) is 6.99. The van der Waals surface area contributed by atoms with Crippen LogP contribution in [0, 0.1) is 23.0 Å². The summed E-state index contributed by atoms with van der Waals surface area (Å²) in [5.74, 6) is 0.243. The van der Waals surface area contributed by atoms with E-state index in [9.17, 15) is 15.2 Å². The Morgan fingerprint density at radius 1 is 1.35 bits per heavy atom. The van der Waals surface area contributed by atoms with Crippen LogP contribution in [0.25, 0.3) is 0 Å². The van der Waals surface area contributed by atoms with Crippen molar-refractivity contribution in [2.75, 3.05) is 6.54 Å². The summed E-state index contributed by atoms with van der Waals surface area (Å²) >= 11 is 0. The molecule has 0 saturated heterocycles. The van der Waals surface area contributed by atoms with Gasteiger partial charge in [0.15, 0.2) is 0 Å². The lowest BCUT2D eigenvalue weighted by Gasteiger charge is -2.18. The first-order chi connectivity index (χ1) is 9.32. The third kappa shape index (κ3) is 4.58. The quantitative estimate of drug-likeness (QED) is 0.594. The van der Waals surface area contributed by atoms with Gasteiger partial charge in [-0.3, -0.25) is 10.1 Å². The van der Waals surface area contributed by atoms with Crippen molar-refractivity contribution in [2.45, 2.75) is 46.3 Å². The minimum absolute atomic E-state index is 0.0219. The van der Waals surface area contributed by atoms with E-state index < -0.39 is 0 Å². The summed E-state index contributed by atoms with van der Waals surface area (Å²) in [6.07, 6.45) is 0.359. The molecule has 0 radical (unpaired) electrons. The highest BCUT2D eigenvalue weighted by atomic mass is 16.6. The zero-order valence-electron chi connectivity index (χ0n) is 12.6. The second kappa shape index (κ2) is 7.36. The molecule has 0 aliphatic rings. The highest BCUT2D eigenvalue weighted by Crippen LogP contribution is 2.23. The predicted octanol–water partition coefficient (Wildman–Crippen LogP) is 2.96. The lowest BCUT2D eigenvalue weighted by molar-refractivity contribution is -0.385. The van der Waals surface area contributed by atoms with Gasteiger partial charge in [0.1, 0.15) is 0 Å². The SMILES string of the molecule is Cc1ccc(C(C)NCCC(O)C(C)C)cc1[N+](=O)[O-]. The van der Waals surface area contributed by atoms with Crippen molar-refractivity contribution in [1.82, 2.24) is 5.32 Å². The Morgan fingerprint density at radius 3 is 2.55 bits per heavy atom. The van der Waals surface area contributed by atoms with Crippen LogP contribution < -0.4 is 5.32 Å². The normalized spacial score (nSPS) is 14.3. The number of benzene rings is 1. The van der Waals surface area contributed by atoms with Crippen molar-refractivity contribution in [3.8, 4) is 0 Å². The average molecular weight is 280 g/mol. The number of aryl methyl sites for hydroxylation is 1. The van der Waals surface area contributed by atoms with Gasteiger partial charge in [-0.05, 0) is 38.3 Å². The second-order valence-electron chi connectivity index (χ2n) is 5.58. The Hall–Kier alpha value is -1.46. The van der Waals surface area contributed by atoms with Crippen LogP contribution in [-0.4, -0.2) is 22.7 Å². The summed E-state index contributed by atoms with van der Waals surface area (Å²) in [6.45, 7) is 8.35. The highest BCUT2D eigenvalue weighted by Gasteiger charge is 2.15. The minimum atomic E-state index is -0.353. The third-order valence-electron chi connectivity index (χ3n) is 3.59. The number of nitrogens with one attached hydrogen (secondary N) is 1. The molecule has 0 amide bonds. The van der Waals surface area contributed by atoms with Crippen molar-refractivity contribution in [2.24, 2.45) is 5.92 Å². The van der Waals surface area contributed by atoms with E-state index in [1.54, 1.807) is 19.1 Å². The number of rotatable bonds is 7. The van der Waals surface area contributed by atoms with Crippen LogP contribution in [0.1, 0.15) is 44.4 Å². The van der Waals surface area contributed by atoms with E-state index in [1.807, 2.05) is 26.8 Å². The van der Waals surface area contributed by atoms with Gasteiger partial charge in [-0.25, -0.2) is 0 Å². The van der Waals surface area contributed by atoms with Gasteiger partial charge < -0.3 is 10.4 Å². The van der Waals surface area contributed by atoms with Crippen LogP contribution in [-0.2, 0) is 0 Å². The molecule has 0 saturated carbocycles. The lowest BCUT2D eigenvalue weighted by atomic mass is 10.0. The van der Waals surface area contributed by atoms with E-state index in [2.05, 4.69) is 5.32 Å². The Bertz CT molecular complexity index is 460. The molecule has 0 bridgehead atoms. The topological polar surface area (TPSA) is 75.4 Å². The zero-order valence-corrected chi connectivity index (χ0v) is 12.6. The van der Waals surface area contributed by atoms with Crippen LogP contribution in [0.15, 0.2) is 18.2 Å². The maximum Gasteiger partial charge on any atom is 0.272 e. The van der Waals surface area contributed by atoms with E-state index in [4.69, 9.17) is 0 Å². The molecular weight excluding hydrogens is 256 g/mol. The number of nitro benzene ring substituents is 1. The number of nitro groups is 1. The molecule has 112 valence electrons. The fourth-order valence-corrected chi connectivity index (χ4v) is 1.99. The minimum Gasteiger partial charge on any atom is -0.393 e. The number of aliphatic hydroxyl groups excluding tert-OH is 1. The van der Waals surface area contributed by atoms with E-state index in [1.165, 1.54) is 0 Å². The van der Waals surface area contributed by atoms with E-state index in [-0.39, 0.29) is 28.7 Å². The predicted molar refractivity (Wildman–Crippen MR) is 79.7 cm³/mol. The van der Waals surface area contributed by atoms with E-state index in [0.29, 0.717) is 18.5 Å². The van der Waals surface area contributed by atoms with Gasteiger partial charge >= 0.3 is 0 Å².